The number of hydrogen-bond acceptors (Lipinski definition) is 4. The molecule has 2 aromatic carbocycles. The second-order valence-corrected chi connectivity index (χ2v) is 5.65. The highest BCUT2D eigenvalue weighted by molar-refractivity contribution is 9.10. The van der Waals surface area contributed by atoms with Gasteiger partial charge in [-0.1, -0.05) is 27.5 Å². The number of hydrogen-bond donors (Lipinski definition) is 2. The number of halogens is 2. The van der Waals surface area contributed by atoms with E-state index in [0.29, 0.717) is 5.69 Å². The van der Waals surface area contributed by atoms with Gasteiger partial charge >= 0.3 is 0 Å². The van der Waals surface area contributed by atoms with Gasteiger partial charge in [0.15, 0.2) is 0 Å². The highest BCUT2D eigenvalue weighted by Crippen LogP contribution is 2.27. The normalized spacial score (nSPS) is 10.1. The molecule has 6 nitrogen and oxygen atoms in total. The van der Waals surface area contributed by atoms with Crippen LogP contribution in [0.5, 0.6) is 0 Å². The largest absolute Gasteiger partial charge is 0.376 e. The lowest BCUT2D eigenvalue weighted by atomic mass is 10.2. The molecule has 2 rings (SSSR count). The molecule has 0 aliphatic carbocycles. The van der Waals surface area contributed by atoms with Crippen LogP contribution in [0.25, 0.3) is 0 Å². The lowest BCUT2D eigenvalue weighted by Gasteiger charge is -2.08. The minimum atomic E-state index is -0.599. The van der Waals surface area contributed by atoms with E-state index in [-0.39, 0.29) is 23.2 Å². The summed E-state index contributed by atoms with van der Waals surface area (Å²) in [4.78, 5) is 22.0. The van der Waals surface area contributed by atoms with Crippen LogP contribution in [0.4, 0.5) is 17.1 Å². The molecule has 0 atom stereocenters. The molecule has 1 amide bonds. The van der Waals surface area contributed by atoms with Gasteiger partial charge in [0.05, 0.1) is 11.5 Å². The standard InChI is InChI=1S/C14H11BrClN3O3/c15-9-1-3-10(4-2-9)17-8-14(20)18-11-5-6-12(16)13(7-11)19(21)22/h1-7,17H,8H2,(H,18,20). The van der Waals surface area contributed by atoms with Crippen LogP contribution in [-0.4, -0.2) is 17.4 Å². The van der Waals surface area contributed by atoms with E-state index in [9.17, 15) is 14.9 Å². The summed E-state index contributed by atoms with van der Waals surface area (Å²) in [7, 11) is 0. The van der Waals surface area contributed by atoms with E-state index in [0.717, 1.165) is 10.2 Å². The Hall–Kier alpha value is -2.12. The quantitative estimate of drug-likeness (QED) is 0.601. The van der Waals surface area contributed by atoms with Crippen molar-refractivity contribution in [3.8, 4) is 0 Å². The summed E-state index contributed by atoms with van der Waals surface area (Å²) in [5, 5.41) is 16.3. The van der Waals surface area contributed by atoms with Crippen LogP contribution < -0.4 is 10.6 Å². The molecule has 8 heteroatoms. The van der Waals surface area contributed by atoms with Crippen LogP contribution in [0.1, 0.15) is 0 Å². The molecule has 0 bridgehead atoms. The minimum absolute atomic E-state index is 0.0241. The molecule has 0 fully saturated rings. The van der Waals surface area contributed by atoms with Gasteiger partial charge in [-0.3, -0.25) is 14.9 Å². The van der Waals surface area contributed by atoms with E-state index in [1.807, 2.05) is 24.3 Å². The van der Waals surface area contributed by atoms with E-state index in [2.05, 4.69) is 26.6 Å². The molecule has 2 N–H and O–H groups in total. The monoisotopic (exact) mass is 383 g/mol. The minimum Gasteiger partial charge on any atom is -0.376 e. The zero-order valence-corrected chi connectivity index (χ0v) is 13.5. The molecule has 0 aliphatic heterocycles. The predicted octanol–water partition coefficient (Wildman–Crippen LogP) is 4.06. The second kappa shape index (κ2) is 7.24. The van der Waals surface area contributed by atoms with Crippen molar-refractivity contribution in [2.75, 3.05) is 17.2 Å². The number of carbonyl (C=O) groups excluding carboxylic acids is 1. The van der Waals surface area contributed by atoms with Gasteiger partial charge in [0.25, 0.3) is 5.69 Å². The third-order valence-electron chi connectivity index (χ3n) is 2.72. The number of amides is 1. The summed E-state index contributed by atoms with van der Waals surface area (Å²) in [6, 6.07) is 11.4. The lowest BCUT2D eigenvalue weighted by Crippen LogP contribution is -2.21. The van der Waals surface area contributed by atoms with Crippen LogP contribution >= 0.6 is 27.5 Å². The van der Waals surface area contributed by atoms with Gasteiger partial charge in [-0.25, -0.2) is 0 Å². The Balaban J connectivity index is 1.96. The number of nitro groups is 1. The number of nitrogens with zero attached hydrogens (tertiary/aromatic N) is 1. The van der Waals surface area contributed by atoms with Crippen molar-refractivity contribution in [2.45, 2.75) is 0 Å². The zero-order valence-electron chi connectivity index (χ0n) is 11.2. The van der Waals surface area contributed by atoms with Gasteiger partial charge in [-0.05, 0) is 36.4 Å². The first-order valence-electron chi connectivity index (χ1n) is 6.19. The fourth-order valence-electron chi connectivity index (χ4n) is 1.69. The van der Waals surface area contributed by atoms with E-state index in [4.69, 9.17) is 11.6 Å². The third kappa shape index (κ3) is 4.44. The van der Waals surface area contributed by atoms with Crippen molar-refractivity contribution in [1.29, 1.82) is 0 Å². The van der Waals surface area contributed by atoms with Crippen LogP contribution in [0.2, 0.25) is 5.02 Å². The van der Waals surface area contributed by atoms with Crippen LogP contribution in [0.15, 0.2) is 46.9 Å². The molecule has 22 heavy (non-hydrogen) atoms. The molecular weight excluding hydrogens is 374 g/mol. The van der Waals surface area contributed by atoms with E-state index in [1.165, 1.54) is 18.2 Å². The van der Waals surface area contributed by atoms with Crippen LogP contribution in [0.3, 0.4) is 0 Å². The van der Waals surface area contributed by atoms with Gasteiger partial charge in [0.2, 0.25) is 5.91 Å². The number of nitrogens with one attached hydrogen (secondary N) is 2. The average Bonchev–Trinajstić information content (AvgIpc) is 2.48. The lowest BCUT2D eigenvalue weighted by molar-refractivity contribution is -0.384. The Morgan fingerprint density at radius 1 is 1.18 bits per heavy atom. The Morgan fingerprint density at radius 3 is 2.45 bits per heavy atom. The van der Waals surface area contributed by atoms with Gasteiger partial charge in [0.1, 0.15) is 5.02 Å². The molecule has 0 heterocycles. The van der Waals surface area contributed by atoms with E-state index < -0.39 is 4.92 Å². The Labute approximate surface area is 139 Å². The molecule has 2 aromatic rings. The van der Waals surface area contributed by atoms with Crippen molar-refractivity contribution in [3.63, 3.8) is 0 Å². The first-order chi connectivity index (χ1) is 10.5. The third-order valence-corrected chi connectivity index (χ3v) is 3.57. The van der Waals surface area contributed by atoms with Crippen molar-refractivity contribution in [3.05, 3.63) is 62.1 Å². The Morgan fingerprint density at radius 2 is 1.82 bits per heavy atom. The Bertz CT molecular complexity index is 707. The molecule has 114 valence electrons. The molecule has 0 spiro atoms. The summed E-state index contributed by atoms with van der Waals surface area (Å²) in [6.07, 6.45) is 0. The highest BCUT2D eigenvalue weighted by Gasteiger charge is 2.13. The summed E-state index contributed by atoms with van der Waals surface area (Å²) in [5.74, 6) is -0.320. The van der Waals surface area contributed by atoms with Gasteiger partial charge in [-0.2, -0.15) is 0 Å². The van der Waals surface area contributed by atoms with Crippen LogP contribution in [-0.2, 0) is 4.79 Å². The SMILES string of the molecule is O=C(CNc1ccc(Br)cc1)Nc1ccc(Cl)c([N+](=O)[O-])c1. The molecule has 0 saturated heterocycles. The van der Waals surface area contributed by atoms with Crippen molar-refractivity contribution >= 4 is 50.5 Å². The van der Waals surface area contributed by atoms with Gasteiger partial charge < -0.3 is 10.6 Å². The maximum absolute atomic E-state index is 11.8. The highest BCUT2D eigenvalue weighted by atomic mass is 79.9. The first kappa shape index (κ1) is 16.3. The summed E-state index contributed by atoms with van der Waals surface area (Å²) in [5.41, 5.74) is 0.861. The Kier molecular flexibility index (Phi) is 5.35. The molecule has 0 unspecified atom stereocenters. The van der Waals surface area contributed by atoms with Crippen molar-refractivity contribution < 1.29 is 9.72 Å². The molecule has 0 aromatic heterocycles. The summed E-state index contributed by atoms with van der Waals surface area (Å²) < 4.78 is 0.941. The fourth-order valence-corrected chi connectivity index (χ4v) is 2.14. The topological polar surface area (TPSA) is 84.3 Å². The first-order valence-corrected chi connectivity index (χ1v) is 7.36. The van der Waals surface area contributed by atoms with Crippen LogP contribution in [0, 0.1) is 10.1 Å². The average molecular weight is 385 g/mol. The molecular formula is C14H11BrClN3O3. The van der Waals surface area contributed by atoms with Gasteiger partial charge in [0, 0.05) is 21.9 Å². The number of nitro benzene ring substituents is 1. The van der Waals surface area contributed by atoms with Crippen molar-refractivity contribution in [2.24, 2.45) is 0 Å². The maximum Gasteiger partial charge on any atom is 0.289 e. The summed E-state index contributed by atoms with van der Waals surface area (Å²) in [6.45, 7) is 0.0397. The maximum atomic E-state index is 11.8. The molecule has 0 aliphatic rings. The van der Waals surface area contributed by atoms with E-state index in [1.54, 1.807) is 0 Å². The van der Waals surface area contributed by atoms with Gasteiger partial charge in [-0.15, -0.1) is 0 Å². The molecule has 0 radical (unpaired) electrons. The second-order valence-electron chi connectivity index (χ2n) is 4.33. The molecule has 0 saturated carbocycles. The van der Waals surface area contributed by atoms with E-state index >= 15 is 0 Å². The summed E-state index contributed by atoms with van der Waals surface area (Å²) >= 11 is 9.03. The fraction of sp³-hybridized carbons (Fsp3) is 0.0714. The number of rotatable bonds is 5. The number of benzene rings is 2. The smallest absolute Gasteiger partial charge is 0.289 e. The zero-order chi connectivity index (χ0) is 16.1. The predicted molar refractivity (Wildman–Crippen MR) is 89.4 cm³/mol. The number of carbonyl (C=O) groups is 1. The van der Waals surface area contributed by atoms with Crippen molar-refractivity contribution in [1.82, 2.24) is 0 Å². The number of anilines is 2.